The van der Waals surface area contributed by atoms with Gasteiger partial charge in [0.1, 0.15) is 0 Å². The molecule has 0 aromatic rings. The number of aliphatic carboxylic acids is 1. The van der Waals surface area contributed by atoms with Gasteiger partial charge in [-0.25, -0.2) is 0 Å². The van der Waals surface area contributed by atoms with E-state index in [1.165, 1.54) is 6.92 Å². The number of carbonyl (C=O) groups excluding carboxylic acids is 1. The lowest BCUT2D eigenvalue weighted by Gasteiger charge is -2.67. The van der Waals surface area contributed by atoms with Crippen LogP contribution in [0.5, 0.6) is 0 Å². The molecule has 0 aromatic carbocycles. The van der Waals surface area contributed by atoms with Crippen LogP contribution in [0.15, 0.2) is 0 Å². The van der Waals surface area contributed by atoms with E-state index in [4.69, 9.17) is 5.11 Å². The second-order valence-corrected chi connectivity index (χ2v) is 4.08. The molecule has 0 aliphatic heterocycles. The summed E-state index contributed by atoms with van der Waals surface area (Å²) in [6.07, 6.45) is 1.86. The summed E-state index contributed by atoms with van der Waals surface area (Å²) in [4.78, 5) is 21.3. The quantitative estimate of drug-likeness (QED) is 0.617. The minimum atomic E-state index is -0.713. The fourth-order valence-electron chi connectivity index (χ4n) is 2.52. The van der Waals surface area contributed by atoms with Gasteiger partial charge in [-0.2, -0.15) is 0 Å². The third kappa shape index (κ3) is 0.722. The topological polar surface area (TPSA) is 66.4 Å². The SMILES string of the molecule is CC(=O)NC12CC(C(=O)O)(C1)C2. The second-order valence-electron chi connectivity index (χ2n) is 4.08. The maximum absolute atomic E-state index is 10.7. The van der Waals surface area contributed by atoms with Gasteiger partial charge in [0.25, 0.3) is 0 Å². The zero-order valence-corrected chi connectivity index (χ0v) is 6.89. The van der Waals surface area contributed by atoms with E-state index in [1.54, 1.807) is 0 Å². The normalized spacial score (nSPS) is 42.4. The van der Waals surface area contributed by atoms with E-state index in [0.29, 0.717) is 19.3 Å². The zero-order valence-electron chi connectivity index (χ0n) is 6.89. The Balaban J connectivity index is 1.95. The van der Waals surface area contributed by atoms with Gasteiger partial charge in [0.2, 0.25) is 5.91 Å². The highest BCUT2D eigenvalue weighted by atomic mass is 16.4. The minimum Gasteiger partial charge on any atom is -0.481 e. The van der Waals surface area contributed by atoms with Gasteiger partial charge in [0.05, 0.1) is 5.41 Å². The highest BCUT2D eigenvalue weighted by molar-refractivity contribution is 5.82. The Kier molecular flexibility index (Phi) is 1.14. The molecule has 66 valence electrons. The van der Waals surface area contributed by atoms with Crippen LogP contribution < -0.4 is 5.32 Å². The van der Waals surface area contributed by atoms with E-state index in [2.05, 4.69) is 5.32 Å². The van der Waals surface area contributed by atoms with Crippen LogP contribution in [-0.2, 0) is 9.59 Å². The van der Waals surface area contributed by atoms with Gasteiger partial charge in [-0.05, 0) is 19.3 Å². The fourth-order valence-corrected chi connectivity index (χ4v) is 2.52. The zero-order chi connectivity index (χ0) is 8.98. The summed E-state index contributed by atoms with van der Waals surface area (Å²) in [5.41, 5.74) is -0.632. The monoisotopic (exact) mass is 169 g/mol. The smallest absolute Gasteiger partial charge is 0.309 e. The van der Waals surface area contributed by atoms with Crippen molar-refractivity contribution in [1.29, 1.82) is 0 Å². The second kappa shape index (κ2) is 1.81. The number of carbonyl (C=O) groups is 2. The Morgan fingerprint density at radius 2 is 1.83 bits per heavy atom. The molecule has 3 aliphatic rings. The fraction of sp³-hybridized carbons (Fsp3) is 0.750. The third-order valence-corrected chi connectivity index (χ3v) is 2.93. The predicted octanol–water partition coefficient (Wildman–Crippen LogP) is 0.130. The molecule has 12 heavy (non-hydrogen) atoms. The van der Waals surface area contributed by atoms with Crippen molar-refractivity contribution >= 4 is 11.9 Å². The Labute approximate surface area is 69.9 Å². The standard InChI is InChI=1S/C8H11NO3/c1-5(10)9-8-2-7(3-8,4-8)6(11)12/h2-4H2,1H3,(H,9,10)(H,11,12). The number of nitrogens with one attached hydrogen (secondary N) is 1. The molecule has 3 aliphatic carbocycles. The molecular weight excluding hydrogens is 158 g/mol. The molecule has 4 heteroatoms. The number of hydrogen-bond acceptors (Lipinski definition) is 2. The van der Waals surface area contributed by atoms with Gasteiger partial charge in [-0.15, -0.1) is 0 Å². The Bertz CT molecular complexity index is 252. The molecule has 3 saturated carbocycles. The lowest BCUT2D eigenvalue weighted by Crippen LogP contribution is -2.76. The van der Waals surface area contributed by atoms with E-state index in [1.807, 2.05) is 0 Å². The largest absolute Gasteiger partial charge is 0.481 e. The van der Waals surface area contributed by atoms with Crippen LogP contribution >= 0.6 is 0 Å². The van der Waals surface area contributed by atoms with Gasteiger partial charge >= 0.3 is 5.97 Å². The Morgan fingerprint density at radius 3 is 2.17 bits per heavy atom. The van der Waals surface area contributed by atoms with E-state index in [-0.39, 0.29) is 11.4 Å². The average Bonchev–Trinajstić information content (AvgIpc) is 1.72. The Hall–Kier alpha value is -1.06. The van der Waals surface area contributed by atoms with Crippen molar-refractivity contribution in [3.05, 3.63) is 0 Å². The first-order valence-corrected chi connectivity index (χ1v) is 4.00. The number of hydrogen-bond donors (Lipinski definition) is 2. The summed E-state index contributed by atoms with van der Waals surface area (Å²) < 4.78 is 0. The molecule has 3 fully saturated rings. The molecule has 0 unspecified atom stereocenters. The molecule has 0 atom stereocenters. The van der Waals surface area contributed by atoms with Crippen molar-refractivity contribution in [1.82, 2.24) is 5.32 Å². The number of carboxylic acid groups (broad SMARTS) is 1. The van der Waals surface area contributed by atoms with Crippen molar-refractivity contribution in [2.75, 3.05) is 0 Å². The summed E-state index contributed by atoms with van der Waals surface area (Å²) in [7, 11) is 0. The number of amides is 1. The highest BCUT2D eigenvalue weighted by Gasteiger charge is 2.72. The summed E-state index contributed by atoms with van der Waals surface area (Å²) in [6.45, 7) is 1.47. The molecule has 0 saturated heterocycles. The Morgan fingerprint density at radius 1 is 1.33 bits per heavy atom. The molecule has 0 radical (unpaired) electrons. The van der Waals surface area contributed by atoms with Crippen molar-refractivity contribution in [3.63, 3.8) is 0 Å². The molecule has 0 aromatic heterocycles. The first-order valence-electron chi connectivity index (χ1n) is 4.00. The van der Waals surface area contributed by atoms with Crippen LogP contribution in [0, 0.1) is 5.41 Å². The van der Waals surface area contributed by atoms with Crippen LogP contribution in [0.4, 0.5) is 0 Å². The summed E-state index contributed by atoms with van der Waals surface area (Å²) in [5.74, 6) is -0.775. The molecule has 0 heterocycles. The lowest BCUT2D eigenvalue weighted by atomic mass is 9.39. The summed E-state index contributed by atoms with van der Waals surface area (Å²) in [5, 5.41) is 11.6. The molecule has 1 amide bonds. The van der Waals surface area contributed by atoms with Gasteiger partial charge in [-0.1, -0.05) is 0 Å². The van der Waals surface area contributed by atoms with Crippen molar-refractivity contribution in [3.8, 4) is 0 Å². The maximum atomic E-state index is 10.7. The number of rotatable bonds is 2. The van der Waals surface area contributed by atoms with Crippen LogP contribution in [-0.4, -0.2) is 22.5 Å². The highest BCUT2D eigenvalue weighted by Crippen LogP contribution is 2.67. The molecule has 2 bridgehead atoms. The average molecular weight is 169 g/mol. The van der Waals surface area contributed by atoms with Crippen molar-refractivity contribution in [2.45, 2.75) is 31.7 Å². The molecule has 4 nitrogen and oxygen atoms in total. The molecule has 2 N–H and O–H groups in total. The lowest BCUT2D eigenvalue weighted by molar-refractivity contribution is -0.199. The van der Waals surface area contributed by atoms with Gasteiger partial charge < -0.3 is 10.4 Å². The van der Waals surface area contributed by atoms with Crippen LogP contribution in [0.2, 0.25) is 0 Å². The van der Waals surface area contributed by atoms with Crippen LogP contribution in [0.3, 0.4) is 0 Å². The maximum Gasteiger partial charge on any atom is 0.309 e. The first-order chi connectivity index (χ1) is 5.48. The minimum absolute atomic E-state index is 0.0614. The van der Waals surface area contributed by atoms with E-state index in [9.17, 15) is 9.59 Å². The summed E-state index contributed by atoms with van der Waals surface area (Å²) >= 11 is 0. The third-order valence-electron chi connectivity index (χ3n) is 2.93. The first kappa shape index (κ1) is 7.58. The molecule has 0 spiro atoms. The van der Waals surface area contributed by atoms with E-state index >= 15 is 0 Å². The van der Waals surface area contributed by atoms with Gasteiger partial charge in [-0.3, -0.25) is 9.59 Å². The predicted molar refractivity (Wildman–Crippen MR) is 40.5 cm³/mol. The van der Waals surface area contributed by atoms with Gasteiger partial charge in [0.15, 0.2) is 0 Å². The van der Waals surface area contributed by atoms with E-state index < -0.39 is 11.4 Å². The number of carboxylic acids is 1. The van der Waals surface area contributed by atoms with Crippen LogP contribution in [0.1, 0.15) is 26.2 Å². The van der Waals surface area contributed by atoms with Gasteiger partial charge in [0, 0.05) is 12.5 Å². The molecular formula is C8H11NO3. The van der Waals surface area contributed by atoms with E-state index in [0.717, 1.165) is 0 Å². The molecule has 3 rings (SSSR count). The summed E-state index contributed by atoms with van der Waals surface area (Å²) in [6, 6.07) is 0. The van der Waals surface area contributed by atoms with Crippen molar-refractivity contribution in [2.24, 2.45) is 5.41 Å². The van der Waals surface area contributed by atoms with Crippen LogP contribution in [0.25, 0.3) is 0 Å². The van der Waals surface area contributed by atoms with Crippen molar-refractivity contribution < 1.29 is 14.7 Å².